The second-order valence-electron chi connectivity index (χ2n) is 5.90. The van der Waals surface area contributed by atoms with Crippen LogP contribution in [0, 0.1) is 5.41 Å². The fourth-order valence-electron chi connectivity index (χ4n) is 2.49. The molecule has 1 fully saturated rings. The highest BCUT2D eigenvalue weighted by atomic mass is 16.4. The lowest BCUT2D eigenvalue weighted by Gasteiger charge is -2.38. The summed E-state index contributed by atoms with van der Waals surface area (Å²) in [4.78, 5) is 25.4. The van der Waals surface area contributed by atoms with Gasteiger partial charge in [-0.1, -0.05) is 26.7 Å². The van der Waals surface area contributed by atoms with E-state index in [1.54, 1.807) is 0 Å². The smallest absolute Gasteiger partial charge is 0.317 e. The number of nitrogens with zero attached hydrogens (tertiary/aromatic N) is 1. The predicted octanol–water partition coefficient (Wildman–Crippen LogP) is 2.85. The Balaban J connectivity index is 2.55. The SMILES string of the molecule is CCCCN(C(=O)NCC1(C(=O)O)CCC1)C(C)CC. The Kier molecular flexibility index (Phi) is 6.30. The molecule has 0 aromatic heterocycles. The highest BCUT2D eigenvalue weighted by molar-refractivity contribution is 5.79. The van der Waals surface area contributed by atoms with E-state index in [-0.39, 0.29) is 18.6 Å². The molecule has 1 unspecified atom stereocenters. The van der Waals surface area contributed by atoms with Crippen LogP contribution in [-0.2, 0) is 4.79 Å². The van der Waals surface area contributed by atoms with Crippen molar-refractivity contribution in [3.8, 4) is 0 Å². The summed E-state index contributed by atoms with van der Waals surface area (Å²) in [5.41, 5.74) is -0.721. The van der Waals surface area contributed by atoms with E-state index in [1.165, 1.54) is 0 Å². The van der Waals surface area contributed by atoms with Gasteiger partial charge in [-0.15, -0.1) is 0 Å². The van der Waals surface area contributed by atoms with Crippen molar-refractivity contribution in [3.05, 3.63) is 0 Å². The topological polar surface area (TPSA) is 69.6 Å². The summed E-state index contributed by atoms with van der Waals surface area (Å²) in [6.45, 7) is 7.17. The molecule has 2 amide bonds. The van der Waals surface area contributed by atoms with Crippen LogP contribution in [0.25, 0.3) is 0 Å². The molecule has 116 valence electrons. The first kappa shape index (κ1) is 16.8. The molecule has 0 radical (unpaired) electrons. The zero-order chi connectivity index (χ0) is 15.2. The number of carbonyl (C=O) groups is 2. The van der Waals surface area contributed by atoms with E-state index in [1.807, 2.05) is 11.8 Å². The molecule has 1 rings (SSSR count). The maximum absolute atomic E-state index is 12.3. The van der Waals surface area contributed by atoms with E-state index in [0.717, 1.165) is 32.2 Å². The maximum atomic E-state index is 12.3. The molecular weight excluding hydrogens is 256 g/mol. The standard InChI is InChI=1S/C15H28N2O3/c1-4-6-10-17(12(3)5-2)14(20)16-11-15(13(18)19)8-7-9-15/h12H,4-11H2,1-3H3,(H,16,20)(H,18,19). The Morgan fingerprint density at radius 1 is 1.35 bits per heavy atom. The molecule has 0 aromatic rings. The van der Waals surface area contributed by atoms with Gasteiger partial charge in [0.1, 0.15) is 0 Å². The average Bonchev–Trinajstić information content (AvgIpc) is 2.37. The van der Waals surface area contributed by atoms with Crippen molar-refractivity contribution in [2.24, 2.45) is 5.41 Å². The normalized spacial score (nSPS) is 17.9. The molecule has 0 heterocycles. The van der Waals surface area contributed by atoms with E-state index < -0.39 is 11.4 Å². The van der Waals surface area contributed by atoms with Crippen molar-refractivity contribution in [2.45, 2.75) is 65.3 Å². The summed E-state index contributed by atoms with van der Waals surface area (Å²) >= 11 is 0. The van der Waals surface area contributed by atoms with Gasteiger partial charge < -0.3 is 15.3 Å². The van der Waals surface area contributed by atoms with E-state index in [9.17, 15) is 14.7 Å². The molecule has 5 heteroatoms. The van der Waals surface area contributed by atoms with E-state index in [4.69, 9.17) is 0 Å². The van der Waals surface area contributed by atoms with Gasteiger partial charge in [0.05, 0.1) is 5.41 Å². The van der Waals surface area contributed by atoms with Crippen LogP contribution in [0.5, 0.6) is 0 Å². The van der Waals surface area contributed by atoms with Crippen LogP contribution in [0.3, 0.4) is 0 Å². The van der Waals surface area contributed by atoms with Gasteiger partial charge in [-0.2, -0.15) is 0 Å². The average molecular weight is 284 g/mol. The van der Waals surface area contributed by atoms with Gasteiger partial charge in [0.15, 0.2) is 0 Å². The Morgan fingerprint density at radius 2 is 2.00 bits per heavy atom. The summed E-state index contributed by atoms with van der Waals surface area (Å²) < 4.78 is 0. The zero-order valence-corrected chi connectivity index (χ0v) is 12.9. The minimum atomic E-state index is -0.785. The van der Waals surface area contributed by atoms with Gasteiger partial charge in [0.2, 0.25) is 0 Å². The highest BCUT2D eigenvalue weighted by Crippen LogP contribution is 2.40. The Hall–Kier alpha value is -1.26. The Morgan fingerprint density at radius 3 is 2.40 bits per heavy atom. The molecule has 1 saturated carbocycles. The second-order valence-corrected chi connectivity index (χ2v) is 5.90. The van der Waals surface area contributed by atoms with E-state index in [2.05, 4.69) is 19.2 Å². The van der Waals surface area contributed by atoms with Gasteiger partial charge in [-0.05, 0) is 32.6 Å². The number of carbonyl (C=O) groups excluding carboxylic acids is 1. The zero-order valence-electron chi connectivity index (χ0n) is 12.9. The molecule has 0 aliphatic heterocycles. The number of carboxylic acids is 1. The van der Waals surface area contributed by atoms with Crippen LogP contribution in [0.2, 0.25) is 0 Å². The number of hydrogen-bond acceptors (Lipinski definition) is 2. The number of hydrogen-bond donors (Lipinski definition) is 2. The third-order valence-corrected chi connectivity index (χ3v) is 4.48. The molecule has 1 aliphatic carbocycles. The Bertz CT molecular complexity index is 340. The quantitative estimate of drug-likeness (QED) is 0.720. The fraction of sp³-hybridized carbons (Fsp3) is 0.867. The number of carboxylic acid groups (broad SMARTS) is 1. The van der Waals surface area contributed by atoms with Crippen LogP contribution < -0.4 is 5.32 Å². The van der Waals surface area contributed by atoms with Crippen molar-refractivity contribution in [1.82, 2.24) is 10.2 Å². The van der Waals surface area contributed by atoms with Crippen molar-refractivity contribution < 1.29 is 14.7 Å². The molecule has 1 aliphatic rings. The third kappa shape index (κ3) is 3.87. The van der Waals surface area contributed by atoms with Crippen molar-refractivity contribution >= 4 is 12.0 Å². The van der Waals surface area contributed by atoms with Gasteiger partial charge in [-0.25, -0.2) is 4.79 Å². The van der Waals surface area contributed by atoms with Crippen LogP contribution in [0.1, 0.15) is 59.3 Å². The number of unbranched alkanes of at least 4 members (excludes halogenated alkanes) is 1. The minimum Gasteiger partial charge on any atom is -0.481 e. The van der Waals surface area contributed by atoms with Gasteiger partial charge in [0.25, 0.3) is 0 Å². The molecule has 20 heavy (non-hydrogen) atoms. The highest BCUT2D eigenvalue weighted by Gasteiger charge is 2.44. The molecule has 5 nitrogen and oxygen atoms in total. The lowest BCUT2D eigenvalue weighted by molar-refractivity contribution is -0.153. The number of nitrogens with one attached hydrogen (secondary N) is 1. The molecular formula is C15H28N2O3. The minimum absolute atomic E-state index is 0.125. The first-order valence-corrected chi connectivity index (χ1v) is 7.74. The van der Waals surface area contributed by atoms with Gasteiger partial charge in [-0.3, -0.25) is 4.79 Å². The fourth-order valence-corrected chi connectivity index (χ4v) is 2.49. The summed E-state index contributed by atoms with van der Waals surface area (Å²) in [7, 11) is 0. The van der Waals surface area contributed by atoms with Crippen molar-refractivity contribution in [1.29, 1.82) is 0 Å². The van der Waals surface area contributed by atoms with Crippen LogP contribution in [0.4, 0.5) is 4.79 Å². The van der Waals surface area contributed by atoms with Gasteiger partial charge in [0, 0.05) is 19.1 Å². The Labute approximate surface area is 121 Å². The summed E-state index contributed by atoms with van der Waals surface area (Å²) in [5.74, 6) is -0.785. The maximum Gasteiger partial charge on any atom is 0.317 e. The first-order valence-electron chi connectivity index (χ1n) is 7.74. The number of aliphatic carboxylic acids is 1. The summed E-state index contributed by atoms with van der Waals surface area (Å²) in [5, 5.41) is 12.1. The largest absolute Gasteiger partial charge is 0.481 e. The number of rotatable bonds is 8. The molecule has 0 bridgehead atoms. The summed E-state index contributed by atoms with van der Waals surface area (Å²) in [6, 6.07) is 0.0593. The molecule has 0 saturated heterocycles. The number of amides is 2. The first-order chi connectivity index (χ1) is 9.46. The molecule has 1 atom stereocenters. The second kappa shape index (κ2) is 7.50. The third-order valence-electron chi connectivity index (χ3n) is 4.48. The monoisotopic (exact) mass is 284 g/mol. The van der Waals surface area contributed by atoms with E-state index in [0.29, 0.717) is 12.8 Å². The molecule has 0 aromatic carbocycles. The summed E-state index contributed by atoms with van der Waals surface area (Å²) in [6.07, 6.45) is 5.19. The number of urea groups is 1. The predicted molar refractivity (Wildman–Crippen MR) is 78.7 cm³/mol. The van der Waals surface area contributed by atoms with E-state index >= 15 is 0 Å². The van der Waals surface area contributed by atoms with Crippen molar-refractivity contribution in [3.63, 3.8) is 0 Å². The van der Waals surface area contributed by atoms with Crippen LogP contribution in [-0.4, -0.2) is 41.1 Å². The van der Waals surface area contributed by atoms with Crippen molar-refractivity contribution in [2.75, 3.05) is 13.1 Å². The van der Waals surface area contributed by atoms with Crippen LogP contribution >= 0.6 is 0 Å². The molecule has 2 N–H and O–H groups in total. The lowest BCUT2D eigenvalue weighted by atomic mass is 9.69. The van der Waals surface area contributed by atoms with Gasteiger partial charge >= 0.3 is 12.0 Å². The molecule has 0 spiro atoms. The lowest BCUT2D eigenvalue weighted by Crippen LogP contribution is -2.52. The van der Waals surface area contributed by atoms with Crippen LogP contribution in [0.15, 0.2) is 0 Å².